The quantitative estimate of drug-likeness (QED) is 0.830. The van der Waals surface area contributed by atoms with Crippen LogP contribution in [0.2, 0.25) is 0 Å². The number of hydrogen-bond donors (Lipinski definition) is 1. The van der Waals surface area contributed by atoms with Crippen LogP contribution in [0.1, 0.15) is 36.7 Å². The van der Waals surface area contributed by atoms with Crippen molar-refractivity contribution in [3.63, 3.8) is 0 Å². The van der Waals surface area contributed by atoms with Crippen molar-refractivity contribution in [3.8, 4) is 5.75 Å². The molecule has 1 saturated heterocycles. The number of benzene rings is 1. The number of halogens is 2. The summed E-state index contributed by atoms with van der Waals surface area (Å²) in [6.07, 6.45) is 3.70. The number of rotatable bonds is 7. The second-order valence-electron chi connectivity index (χ2n) is 6.06. The predicted molar refractivity (Wildman–Crippen MR) is 84.8 cm³/mol. The van der Waals surface area contributed by atoms with E-state index in [1.165, 1.54) is 0 Å². The molecule has 0 spiro atoms. The maximum absolute atomic E-state index is 12.2. The molecule has 1 aliphatic rings. The van der Waals surface area contributed by atoms with Crippen LogP contribution >= 0.6 is 0 Å². The number of hydrogen-bond acceptors (Lipinski definition) is 4. The van der Waals surface area contributed by atoms with E-state index in [0.717, 1.165) is 31.5 Å². The first-order chi connectivity index (χ1) is 11.6. The van der Waals surface area contributed by atoms with Gasteiger partial charge in [0.2, 0.25) is 0 Å². The summed E-state index contributed by atoms with van der Waals surface area (Å²) in [5, 5.41) is 10.3. The van der Waals surface area contributed by atoms with E-state index in [1.54, 1.807) is 42.7 Å². The highest BCUT2D eigenvalue weighted by atomic mass is 19.3. The molecule has 0 saturated carbocycles. The Morgan fingerprint density at radius 3 is 2.71 bits per heavy atom. The van der Waals surface area contributed by atoms with E-state index in [2.05, 4.69) is 9.64 Å². The van der Waals surface area contributed by atoms with Crippen molar-refractivity contribution in [2.75, 3.05) is 6.54 Å². The van der Waals surface area contributed by atoms with E-state index in [4.69, 9.17) is 4.42 Å². The van der Waals surface area contributed by atoms with Crippen molar-refractivity contribution >= 4 is 0 Å². The number of aliphatic hydroxyl groups is 1. The summed E-state index contributed by atoms with van der Waals surface area (Å²) >= 11 is 0. The third-order valence-electron chi connectivity index (χ3n) is 4.40. The molecule has 1 aromatic heterocycles. The van der Waals surface area contributed by atoms with Gasteiger partial charge in [-0.1, -0.05) is 12.1 Å². The highest BCUT2D eigenvalue weighted by Crippen LogP contribution is 2.29. The third-order valence-corrected chi connectivity index (χ3v) is 4.40. The van der Waals surface area contributed by atoms with Crippen molar-refractivity contribution in [2.24, 2.45) is 0 Å². The van der Waals surface area contributed by atoms with Gasteiger partial charge in [-0.15, -0.1) is 0 Å². The first-order valence-electron chi connectivity index (χ1n) is 8.11. The first kappa shape index (κ1) is 16.9. The molecule has 1 aromatic carbocycles. The summed E-state index contributed by atoms with van der Waals surface area (Å²) in [6.45, 7) is -1.11. The minimum absolute atomic E-state index is 0.167. The summed E-state index contributed by atoms with van der Waals surface area (Å²) in [5.41, 5.74) is 1.04. The van der Waals surface area contributed by atoms with Gasteiger partial charge in [-0.05, 0) is 55.6 Å². The van der Waals surface area contributed by atoms with Crippen LogP contribution in [0, 0.1) is 0 Å². The highest BCUT2D eigenvalue weighted by Gasteiger charge is 2.27. The fourth-order valence-electron chi connectivity index (χ4n) is 3.24. The molecular weight excluding hydrogens is 316 g/mol. The van der Waals surface area contributed by atoms with E-state index in [1.807, 2.05) is 0 Å². The molecule has 0 radical (unpaired) electrons. The van der Waals surface area contributed by atoms with E-state index in [9.17, 15) is 13.9 Å². The minimum Gasteiger partial charge on any atom is -0.467 e. The lowest BCUT2D eigenvalue weighted by Crippen LogP contribution is -2.30. The van der Waals surface area contributed by atoms with Gasteiger partial charge in [0.25, 0.3) is 0 Å². The van der Waals surface area contributed by atoms with Gasteiger partial charge < -0.3 is 14.3 Å². The standard InChI is InChI=1S/C18H21F2NO3/c19-18(20)24-15-7-5-13(6-8-15)12-21-9-1-3-14(21)11-16(22)17-4-2-10-23-17/h2,4-8,10,14,16,18,22H,1,3,9,11-12H2. The van der Waals surface area contributed by atoms with Gasteiger partial charge in [0.05, 0.1) is 6.26 Å². The smallest absolute Gasteiger partial charge is 0.387 e. The third kappa shape index (κ3) is 4.33. The predicted octanol–water partition coefficient (Wildman–Crippen LogP) is 3.97. The van der Waals surface area contributed by atoms with Crippen molar-refractivity contribution in [1.82, 2.24) is 4.90 Å². The average Bonchev–Trinajstić information content (AvgIpc) is 3.21. The van der Waals surface area contributed by atoms with Gasteiger partial charge in [0, 0.05) is 12.6 Å². The molecule has 4 nitrogen and oxygen atoms in total. The van der Waals surface area contributed by atoms with Gasteiger partial charge in [-0.25, -0.2) is 0 Å². The largest absolute Gasteiger partial charge is 0.467 e. The Labute approximate surface area is 139 Å². The SMILES string of the molecule is OC(CC1CCCN1Cc1ccc(OC(F)F)cc1)c1ccco1. The summed E-state index contributed by atoms with van der Waals surface area (Å²) in [5.74, 6) is 0.760. The number of aliphatic hydroxyl groups excluding tert-OH is 1. The number of alkyl halides is 2. The zero-order valence-electron chi connectivity index (χ0n) is 13.3. The van der Waals surface area contributed by atoms with Crippen LogP contribution in [-0.4, -0.2) is 29.2 Å². The van der Waals surface area contributed by atoms with Crippen LogP contribution < -0.4 is 4.74 Å². The van der Waals surface area contributed by atoms with Gasteiger partial charge in [0.1, 0.15) is 17.6 Å². The van der Waals surface area contributed by atoms with Crippen molar-refractivity contribution < 1.29 is 23.0 Å². The molecule has 2 heterocycles. The number of furan rings is 1. The van der Waals surface area contributed by atoms with E-state index in [-0.39, 0.29) is 11.8 Å². The summed E-state index contributed by atoms with van der Waals surface area (Å²) in [4.78, 5) is 2.31. The Bertz CT molecular complexity index is 616. The first-order valence-corrected chi connectivity index (χ1v) is 8.11. The molecular formula is C18H21F2NO3. The van der Waals surface area contributed by atoms with Gasteiger partial charge in [-0.2, -0.15) is 8.78 Å². The average molecular weight is 337 g/mol. The van der Waals surface area contributed by atoms with Crippen LogP contribution in [0.15, 0.2) is 47.1 Å². The highest BCUT2D eigenvalue weighted by molar-refractivity contribution is 5.27. The molecule has 24 heavy (non-hydrogen) atoms. The van der Waals surface area contributed by atoms with Crippen LogP contribution in [0.4, 0.5) is 8.78 Å². The van der Waals surface area contributed by atoms with Crippen LogP contribution in [0.5, 0.6) is 5.75 Å². The molecule has 1 N–H and O–H groups in total. The second-order valence-corrected chi connectivity index (χ2v) is 6.06. The Kier molecular flexibility index (Phi) is 5.48. The molecule has 1 fully saturated rings. The van der Waals surface area contributed by atoms with Gasteiger partial charge in [-0.3, -0.25) is 4.90 Å². The van der Waals surface area contributed by atoms with Crippen LogP contribution in [0.3, 0.4) is 0 Å². The number of likely N-dealkylation sites (tertiary alicyclic amines) is 1. The molecule has 2 unspecified atom stereocenters. The van der Waals surface area contributed by atoms with Gasteiger partial charge in [0.15, 0.2) is 0 Å². The monoisotopic (exact) mass is 337 g/mol. The normalized spacial score (nSPS) is 19.8. The second kappa shape index (κ2) is 7.77. The van der Waals surface area contributed by atoms with Crippen LogP contribution in [0.25, 0.3) is 0 Å². The van der Waals surface area contributed by atoms with Gasteiger partial charge >= 0.3 is 6.61 Å². The molecule has 0 aliphatic carbocycles. The molecule has 0 bridgehead atoms. The Morgan fingerprint density at radius 1 is 1.25 bits per heavy atom. The number of ether oxygens (including phenoxy) is 1. The maximum Gasteiger partial charge on any atom is 0.387 e. The zero-order chi connectivity index (χ0) is 16.9. The molecule has 1 aliphatic heterocycles. The molecule has 0 amide bonds. The maximum atomic E-state index is 12.2. The molecule has 3 rings (SSSR count). The van der Waals surface area contributed by atoms with Crippen molar-refractivity contribution in [1.29, 1.82) is 0 Å². The van der Waals surface area contributed by atoms with E-state index < -0.39 is 12.7 Å². The lowest BCUT2D eigenvalue weighted by atomic mass is 10.0. The molecule has 2 aromatic rings. The topological polar surface area (TPSA) is 45.8 Å². The summed E-state index contributed by atoms with van der Waals surface area (Å²) < 4.78 is 34.0. The van der Waals surface area contributed by atoms with E-state index in [0.29, 0.717) is 12.2 Å². The zero-order valence-corrected chi connectivity index (χ0v) is 13.3. The fraction of sp³-hybridized carbons (Fsp3) is 0.444. The Morgan fingerprint density at radius 2 is 2.04 bits per heavy atom. The molecule has 130 valence electrons. The van der Waals surface area contributed by atoms with E-state index >= 15 is 0 Å². The van der Waals surface area contributed by atoms with Crippen molar-refractivity contribution in [2.45, 2.75) is 44.6 Å². The molecule has 2 atom stereocenters. The summed E-state index contributed by atoms with van der Waals surface area (Å²) in [6, 6.07) is 10.6. The van der Waals surface area contributed by atoms with Crippen LogP contribution in [-0.2, 0) is 6.54 Å². The number of nitrogens with zero attached hydrogens (tertiary/aromatic N) is 1. The molecule has 6 heteroatoms. The fourth-order valence-corrected chi connectivity index (χ4v) is 3.24. The summed E-state index contributed by atoms with van der Waals surface area (Å²) in [7, 11) is 0. The minimum atomic E-state index is -2.80. The lowest BCUT2D eigenvalue weighted by Gasteiger charge is -2.26. The Hall–Kier alpha value is -1.92. The Balaban J connectivity index is 1.57. The van der Waals surface area contributed by atoms with Crippen molar-refractivity contribution in [3.05, 3.63) is 54.0 Å². The lowest BCUT2D eigenvalue weighted by molar-refractivity contribution is -0.0498.